The quantitative estimate of drug-likeness (QED) is 0.501. The molecule has 0 bridgehead atoms. The van der Waals surface area contributed by atoms with Gasteiger partial charge in [-0.15, -0.1) is 0 Å². The summed E-state index contributed by atoms with van der Waals surface area (Å²) in [6, 6.07) is 3.02. The Kier molecular flexibility index (Phi) is 2.40. The van der Waals surface area contributed by atoms with Crippen molar-refractivity contribution in [1.82, 2.24) is 4.98 Å². The van der Waals surface area contributed by atoms with E-state index in [4.69, 9.17) is 4.74 Å². The summed E-state index contributed by atoms with van der Waals surface area (Å²) in [5.41, 5.74) is -0.542. The molecular weight excluding hydrogens is 266 g/mol. The molecule has 1 N–H and O–H groups in total. The van der Waals surface area contributed by atoms with Crippen molar-refractivity contribution in [2.75, 3.05) is 12.4 Å². The molecule has 0 atom stereocenters. The maximum atomic E-state index is 11.8. The van der Waals surface area contributed by atoms with Gasteiger partial charge in [0.15, 0.2) is 5.75 Å². The second kappa shape index (κ2) is 3.98. The number of hydrogen-bond acceptors (Lipinski definition) is 6. The normalized spacial score (nSPS) is 13.2. The highest BCUT2D eigenvalue weighted by molar-refractivity contribution is 6.51. The summed E-state index contributed by atoms with van der Waals surface area (Å²) >= 11 is 0. The maximum Gasteiger partial charge on any atom is 0.334 e. The molecule has 0 saturated carbocycles. The fraction of sp³-hybridized carbons (Fsp3) is 0.0833. The average Bonchev–Trinajstić information content (AvgIpc) is 2.43. The number of carbonyl (C=O) groups excluding carboxylic acids is 2. The van der Waals surface area contributed by atoms with Crippen LogP contribution in [-0.2, 0) is 4.79 Å². The summed E-state index contributed by atoms with van der Waals surface area (Å²) in [5, 5.41) is 14.2. The average molecular weight is 273 g/mol. The molecule has 100 valence electrons. The number of nitro benzene ring substituents is 1. The number of nitrogens with one attached hydrogen (secondary N) is 1. The molecule has 0 saturated heterocycles. The van der Waals surface area contributed by atoms with Crippen LogP contribution in [0.2, 0.25) is 0 Å². The van der Waals surface area contributed by atoms with E-state index < -0.39 is 22.3 Å². The molecule has 3 rings (SSSR count). The second-order valence-corrected chi connectivity index (χ2v) is 4.10. The Bertz CT molecular complexity index is 799. The molecule has 1 amide bonds. The number of Topliss-reactive ketones (excluding diaryl/α,β-unsaturated/α-hetero) is 1. The van der Waals surface area contributed by atoms with Gasteiger partial charge in [0.2, 0.25) is 0 Å². The number of ketones is 1. The largest absolute Gasteiger partial charge is 0.490 e. The second-order valence-electron chi connectivity index (χ2n) is 4.10. The molecule has 1 aromatic heterocycles. The first-order valence-corrected chi connectivity index (χ1v) is 5.54. The standard InChI is InChI=1S/C12H7N3O5/c1-20-6-4-5-2-3-13-9-7(5)8(10(6)15(18)19)14-12(17)11(9)16/h2-4H,1H3,(H,14,17). The lowest BCUT2D eigenvalue weighted by Gasteiger charge is -2.17. The van der Waals surface area contributed by atoms with Gasteiger partial charge >= 0.3 is 5.69 Å². The van der Waals surface area contributed by atoms with Crippen LogP contribution in [0, 0.1) is 10.1 Å². The van der Waals surface area contributed by atoms with Crippen LogP contribution in [-0.4, -0.2) is 28.7 Å². The molecule has 0 fully saturated rings. The summed E-state index contributed by atoms with van der Waals surface area (Å²) in [4.78, 5) is 37.8. The molecule has 0 spiro atoms. The summed E-state index contributed by atoms with van der Waals surface area (Å²) in [6.07, 6.45) is 1.36. The summed E-state index contributed by atoms with van der Waals surface area (Å²) in [7, 11) is 1.29. The van der Waals surface area contributed by atoms with E-state index in [0.29, 0.717) is 5.39 Å². The van der Waals surface area contributed by atoms with Gasteiger partial charge in [-0.2, -0.15) is 0 Å². The number of ether oxygens (including phenoxy) is 1. The molecule has 0 unspecified atom stereocenters. The Morgan fingerprint density at radius 1 is 1.40 bits per heavy atom. The van der Waals surface area contributed by atoms with Gasteiger partial charge in [-0.1, -0.05) is 0 Å². The van der Waals surface area contributed by atoms with Gasteiger partial charge in [0, 0.05) is 11.6 Å². The van der Waals surface area contributed by atoms with Gasteiger partial charge in [0.1, 0.15) is 11.4 Å². The molecule has 8 heteroatoms. The zero-order chi connectivity index (χ0) is 14.4. The number of benzene rings is 1. The van der Waals surface area contributed by atoms with E-state index in [9.17, 15) is 19.7 Å². The SMILES string of the molecule is COc1cc2ccnc3c2c(c1[N+](=O)[O-])NC(=O)C3=O. The van der Waals surface area contributed by atoms with Gasteiger partial charge in [-0.05, 0) is 17.5 Å². The highest BCUT2D eigenvalue weighted by Gasteiger charge is 2.35. The number of amides is 1. The smallest absolute Gasteiger partial charge is 0.334 e. The summed E-state index contributed by atoms with van der Waals surface area (Å²) in [6.45, 7) is 0. The fourth-order valence-corrected chi connectivity index (χ4v) is 2.22. The van der Waals surface area contributed by atoms with Crippen molar-refractivity contribution in [2.45, 2.75) is 0 Å². The fourth-order valence-electron chi connectivity index (χ4n) is 2.22. The lowest BCUT2D eigenvalue weighted by molar-refractivity contribution is -0.384. The van der Waals surface area contributed by atoms with Crippen molar-refractivity contribution < 1.29 is 19.2 Å². The molecule has 0 aliphatic carbocycles. The predicted octanol–water partition coefficient (Wildman–Crippen LogP) is 1.29. The maximum absolute atomic E-state index is 11.8. The minimum absolute atomic E-state index is 0.00398. The highest BCUT2D eigenvalue weighted by Crippen LogP contribution is 2.43. The van der Waals surface area contributed by atoms with Gasteiger partial charge in [0.25, 0.3) is 11.7 Å². The van der Waals surface area contributed by atoms with E-state index in [-0.39, 0.29) is 22.5 Å². The van der Waals surface area contributed by atoms with Gasteiger partial charge in [-0.25, -0.2) is 0 Å². The van der Waals surface area contributed by atoms with Crippen LogP contribution in [0.1, 0.15) is 10.5 Å². The van der Waals surface area contributed by atoms with Crippen LogP contribution >= 0.6 is 0 Å². The Balaban J connectivity index is 2.52. The van der Waals surface area contributed by atoms with Crippen molar-refractivity contribution in [3.8, 4) is 5.75 Å². The Morgan fingerprint density at radius 3 is 2.80 bits per heavy atom. The third kappa shape index (κ3) is 1.44. The molecule has 1 aliphatic heterocycles. The number of anilines is 1. The molecule has 2 heterocycles. The third-order valence-electron chi connectivity index (χ3n) is 3.05. The minimum atomic E-state index is -0.950. The van der Waals surface area contributed by atoms with E-state index in [0.717, 1.165) is 0 Å². The Labute approximate surface area is 111 Å². The number of carbonyl (C=O) groups is 2. The zero-order valence-corrected chi connectivity index (χ0v) is 10.2. The highest BCUT2D eigenvalue weighted by atomic mass is 16.6. The molecule has 8 nitrogen and oxygen atoms in total. The minimum Gasteiger partial charge on any atom is -0.490 e. The van der Waals surface area contributed by atoms with E-state index in [1.54, 1.807) is 6.07 Å². The number of hydrogen-bond donors (Lipinski definition) is 1. The summed E-state index contributed by atoms with van der Waals surface area (Å²) < 4.78 is 4.98. The Hall–Kier alpha value is -3.03. The van der Waals surface area contributed by atoms with Crippen LogP contribution in [0.4, 0.5) is 11.4 Å². The monoisotopic (exact) mass is 273 g/mol. The summed E-state index contributed by atoms with van der Waals surface area (Å²) in [5.74, 6) is -1.76. The molecule has 20 heavy (non-hydrogen) atoms. The lowest BCUT2D eigenvalue weighted by atomic mass is 9.99. The molecule has 1 aliphatic rings. The van der Waals surface area contributed by atoms with E-state index >= 15 is 0 Å². The van der Waals surface area contributed by atoms with Gasteiger partial charge in [0.05, 0.1) is 12.0 Å². The predicted molar refractivity (Wildman–Crippen MR) is 67.9 cm³/mol. The van der Waals surface area contributed by atoms with Crippen LogP contribution < -0.4 is 10.1 Å². The molecular formula is C12H7N3O5. The first kappa shape index (κ1) is 12.0. The van der Waals surface area contributed by atoms with Gasteiger partial charge in [-0.3, -0.25) is 24.7 Å². The topological polar surface area (TPSA) is 111 Å². The van der Waals surface area contributed by atoms with Crippen molar-refractivity contribution in [3.63, 3.8) is 0 Å². The number of methoxy groups -OCH3 is 1. The number of nitro groups is 1. The van der Waals surface area contributed by atoms with Crippen molar-refractivity contribution in [3.05, 3.63) is 34.1 Å². The first-order chi connectivity index (χ1) is 9.54. The first-order valence-electron chi connectivity index (χ1n) is 5.54. The van der Waals surface area contributed by atoms with Crippen LogP contribution in [0.15, 0.2) is 18.3 Å². The van der Waals surface area contributed by atoms with E-state index in [1.165, 1.54) is 19.4 Å². The zero-order valence-electron chi connectivity index (χ0n) is 10.2. The van der Waals surface area contributed by atoms with Crippen LogP contribution in [0.5, 0.6) is 5.75 Å². The molecule has 0 radical (unpaired) electrons. The number of pyridine rings is 1. The third-order valence-corrected chi connectivity index (χ3v) is 3.05. The van der Waals surface area contributed by atoms with Gasteiger partial charge < -0.3 is 10.1 Å². The molecule has 1 aromatic carbocycles. The van der Waals surface area contributed by atoms with Crippen LogP contribution in [0.3, 0.4) is 0 Å². The van der Waals surface area contributed by atoms with E-state index in [1.807, 2.05) is 0 Å². The Morgan fingerprint density at radius 2 is 2.15 bits per heavy atom. The lowest BCUT2D eigenvalue weighted by Crippen LogP contribution is -2.28. The number of aromatic nitrogens is 1. The van der Waals surface area contributed by atoms with Crippen molar-refractivity contribution >= 4 is 33.8 Å². The number of nitrogens with zero attached hydrogens (tertiary/aromatic N) is 2. The molecule has 2 aromatic rings. The van der Waals surface area contributed by atoms with E-state index in [2.05, 4.69) is 10.3 Å². The van der Waals surface area contributed by atoms with Crippen molar-refractivity contribution in [2.24, 2.45) is 0 Å². The number of rotatable bonds is 2. The van der Waals surface area contributed by atoms with Crippen LogP contribution in [0.25, 0.3) is 10.8 Å². The van der Waals surface area contributed by atoms with Crippen molar-refractivity contribution in [1.29, 1.82) is 0 Å².